The zero-order valence-electron chi connectivity index (χ0n) is 2.14. The van der Waals surface area contributed by atoms with Crippen LogP contribution >= 0.6 is 24.0 Å². The average Bonchev–Trinajstić information content (AvgIpc) is 0.811. The second-order valence-corrected chi connectivity index (χ2v) is 0.576. The number of rotatable bonds is 0. The quantitative estimate of drug-likeness (QED) is 0.485. The summed E-state index contributed by atoms with van der Waals surface area (Å²) < 4.78 is 0. The SMILES string of the molecule is Cl.O=C(O)Cl. The summed E-state index contributed by atoms with van der Waals surface area (Å²) in [5.74, 6) is 0. The third-order valence-corrected chi connectivity index (χ3v) is 0. The third kappa shape index (κ3) is 6810. The van der Waals surface area contributed by atoms with Crippen LogP contribution in [0.25, 0.3) is 0 Å². The van der Waals surface area contributed by atoms with Crippen LogP contribution in [0.5, 0.6) is 0 Å². The van der Waals surface area contributed by atoms with E-state index in [4.69, 9.17) is 9.90 Å². The van der Waals surface area contributed by atoms with E-state index >= 15 is 0 Å². The van der Waals surface area contributed by atoms with E-state index < -0.39 is 5.43 Å². The van der Waals surface area contributed by atoms with Crippen molar-refractivity contribution in [2.24, 2.45) is 0 Å². The first-order chi connectivity index (χ1) is 1.73. The summed E-state index contributed by atoms with van der Waals surface area (Å²) in [6.07, 6.45) is 0. The molecule has 0 aliphatic rings. The van der Waals surface area contributed by atoms with Crippen LogP contribution in [0.3, 0.4) is 0 Å². The fourth-order valence-electron chi connectivity index (χ4n) is 0. The monoisotopic (exact) mass is 116 g/mol. The molecule has 0 aliphatic carbocycles. The Labute approximate surface area is 40.2 Å². The van der Waals surface area contributed by atoms with Gasteiger partial charge in [-0.25, -0.2) is 4.79 Å². The second kappa shape index (κ2) is 4.05. The van der Waals surface area contributed by atoms with Gasteiger partial charge in [-0.15, -0.1) is 12.4 Å². The highest BCUT2D eigenvalue weighted by atomic mass is 35.5. The minimum Gasteiger partial charge on any atom is -0.469 e. The Balaban J connectivity index is 0. The Hall–Kier alpha value is 0.0500. The molecule has 0 radical (unpaired) electrons. The van der Waals surface area contributed by atoms with Crippen molar-refractivity contribution in [3.05, 3.63) is 0 Å². The van der Waals surface area contributed by atoms with Gasteiger partial charge in [0.2, 0.25) is 0 Å². The number of carboxylic acid groups (broad SMARTS) is 1. The van der Waals surface area contributed by atoms with Crippen molar-refractivity contribution in [1.29, 1.82) is 0 Å². The van der Waals surface area contributed by atoms with E-state index in [2.05, 4.69) is 11.6 Å². The van der Waals surface area contributed by atoms with Crippen LogP contribution in [0.4, 0.5) is 4.79 Å². The Bertz CT molecular complexity index is 30.6. The fraction of sp³-hybridized carbons (Fsp3) is 0. The lowest BCUT2D eigenvalue weighted by Crippen LogP contribution is -1.66. The third-order valence-electron chi connectivity index (χ3n) is 0. The molecular weight excluding hydrogens is 115 g/mol. The van der Waals surface area contributed by atoms with Crippen molar-refractivity contribution in [2.75, 3.05) is 0 Å². The molecular formula is CH2Cl2O2. The smallest absolute Gasteiger partial charge is 0.401 e. The molecule has 2 nitrogen and oxygen atoms in total. The fourth-order valence-corrected chi connectivity index (χ4v) is 0. The van der Waals surface area contributed by atoms with Crippen LogP contribution in [0.15, 0.2) is 0 Å². The van der Waals surface area contributed by atoms with E-state index in [0.29, 0.717) is 0 Å². The van der Waals surface area contributed by atoms with Crippen molar-refractivity contribution >= 4 is 29.4 Å². The lowest BCUT2D eigenvalue weighted by atomic mass is 11.6. The van der Waals surface area contributed by atoms with Crippen LogP contribution in [-0.2, 0) is 0 Å². The van der Waals surface area contributed by atoms with Gasteiger partial charge in [-0.3, -0.25) is 0 Å². The molecule has 0 atom stereocenters. The molecule has 32 valence electrons. The summed E-state index contributed by atoms with van der Waals surface area (Å²) >= 11 is 4.19. The van der Waals surface area contributed by atoms with Gasteiger partial charge in [-0.1, -0.05) is 0 Å². The predicted molar refractivity (Wildman–Crippen MR) is 21.1 cm³/mol. The Kier molecular flexibility index (Phi) is 7.21. The van der Waals surface area contributed by atoms with Crippen LogP contribution in [0, 0.1) is 0 Å². The van der Waals surface area contributed by atoms with Gasteiger partial charge in [0.25, 0.3) is 0 Å². The summed E-state index contributed by atoms with van der Waals surface area (Å²) in [4.78, 5) is 8.77. The molecule has 0 aromatic carbocycles. The first-order valence-corrected chi connectivity index (χ1v) is 0.995. The van der Waals surface area contributed by atoms with Gasteiger partial charge in [0.1, 0.15) is 0 Å². The van der Waals surface area contributed by atoms with Crippen molar-refractivity contribution < 1.29 is 9.90 Å². The number of halogens is 2. The topological polar surface area (TPSA) is 37.3 Å². The van der Waals surface area contributed by atoms with E-state index in [9.17, 15) is 0 Å². The van der Waals surface area contributed by atoms with Gasteiger partial charge < -0.3 is 5.11 Å². The normalized spacial score (nSPS) is 5.00. The molecule has 0 fully saturated rings. The molecule has 0 aromatic rings. The molecule has 0 aliphatic heterocycles. The number of hydrogen-bond acceptors (Lipinski definition) is 1. The molecule has 0 saturated heterocycles. The van der Waals surface area contributed by atoms with E-state index in [1.807, 2.05) is 0 Å². The summed E-state index contributed by atoms with van der Waals surface area (Å²) in [5, 5.41) is 7.18. The minimum atomic E-state index is -1.36. The number of carbonyl (C=O) groups is 1. The van der Waals surface area contributed by atoms with E-state index in [0.717, 1.165) is 0 Å². The van der Waals surface area contributed by atoms with Crippen molar-refractivity contribution in [3.63, 3.8) is 0 Å². The molecule has 0 spiro atoms. The van der Waals surface area contributed by atoms with Crippen LogP contribution in [0.1, 0.15) is 0 Å². The summed E-state index contributed by atoms with van der Waals surface area (Å²) in [7, 11) is 0. The molecule has 0 heterocycles. The van der Waals surface area contributed by atoms with Crippen LogP contribution in [0.2, 0.25) is 0 Å². The summed E-state index contributed by atoms with van der Waals surface area (Å²) in [5.41, 5.74) is -1.36. The highest BCUT2D eigenvalue weighted by Gasteiger charge is 1.71. The van der Waals surface area contributed by atoms with Crippen molar-refractivity contribution in [1.82, 2.24) is 0 Å². The molecule has 0 amide bonds. The predicted octanol–water partition coefficient (Wildman–Crippen LogP) is 1.33. The van der Waals surface area contributed by atoms with Crippen LogP contribution in [-0.4, -0.2) is 10.5 Å². The van der Waals surface area contributed by atoms with Gasteiger partial charge in [0.15, 0.2) is 0 Å². The van der Waals surface area contributed by atoms with Gasteiger partial charge in [-0.2, -0.15) is 0 Å². The van der Waals surface area contributed by atoms with E-state index in [1.54, 1.807) is 0 Å². The minimum absolute atomic E-state index is 0. The highest BCUT2D eigenvalue weighted by molar-refractivity contribution is 6.60. The molecule has 0 saturated carbocycles. The number of hydrogen-bond donors (Lipinski definition) is 1. The lowest BCUT2D eigenvalue weighted by Gasteiger charge is -1.55. The molecule has 0 unspecified atom stereocenters. The van der Waals surface area contributed by atoms with E-state index in [-0.39, 0.29) is 12.4 Å². The average molecular weight is 117 g/mol. The molecule has 0 aromatic heterocycles. The standard InChI is InChI=1S/CHClO2.ClH/c2-1(3)4;/h(H,3,4);1H. The van der Waals surface area contributed by atoms with Gasteiger partial charge in [0.05, 0.1) is 0 Å². The van der Waals surface area contributed by atoms with Gasteiger partial charge in [-0.05, 0) is 0 Å². The Morgan fingerprint density at radius 3 is 1.80 bits per heavy atom. The van der Waals surface area contributed by atoms with E-state index in [1.165, 1.54) is 0 Å². The highest BCUT2D eigenvalue weighted by Crippen LogP contribution is 1.67. The molecule has 0 rings (SSSR count). The zero-order valence-corrected chi connectivity index (χ0v) is 3.71. The Morgan fingerprint density at radius 2 is 1.80 bits per heavy atom. The molecule has 5 heavy (non-hydrogen) atoms. The Morgan fingerprint density at radius 1 is 1.80 bits per heavy atom. The maximum atomic E-state index is 8.77. The van der Waals surface area contributed by atoms with Crippen LogP contribution < -0.4 is 0 Å². The van der Waals surface area contributed by atoms with Gasteiger partial charge >= 0.3 is 5.43 Å². The maximum Gasteiger partial charge on any atom is 0.401 e. The van der Waals surface area contributed by atoms with Crippen molar-refractivity contribution in [3.8, 4) is 0 Å². The lowest BCUT2D eigenvalue weighted by molar-refractivity contribution is 0.220. The molecule has 4 heteroatoms. The zero-order chi connectivity index (χ0) is 3.58. The molecule has 1 N–H and O–H groups in total. The molecule has 0 bridgehead atoms. The second-order valence-electron chi connectivity index (χ2n) is 0.253. The largest absolute Gasteiger partial charge is 0.469 e. The first kappa shape index (κ1) is 8.90. The van der Waals surface area contributed by atoms with Gasteiger partial charge in [0, 0.05) is 11.6 Å². The first-order valence-electron chi connectivity index (χ1n) is 0.617. The summed E-state index contributed by atoms with van der Waals surface area (Å²) in [6.45, 7) is 0. The summed E-state index contributed by atoms with van der Waals surface area (Å²) in [6, 6.07) is 0. The maximum absolute atomic E-state index is 8.77. The van der Waals surface area contributed by atoms with Crippen molar-refractivity contribution in [2.45, 2.75) is 0 Å².